The van der Waals surface area contributed by atoms with Crippen molar-refractivity contribution < 1.29 is 13.9 Å². The summed E-state index contributed by atoms with van der Waals surface area (Å²) in [5, 5.41) is 13.0. The third kappa shape index (κ3) is 4.18. The molecule has 3 heterocycles. The van der Waals surface area contributed by atoms with Gasteiger partial charge in [0, 0.05) is 17.3 Å². The second kappa shape index (κ2) is 9.42. The van der Waals surface area contributed by atoms with Gasteiger partial charge in [0.2, 0.25) is 5.95 Å². The molecule has 1 N–H and O–H groups in total. The first-order valence-electron chi connectivity index (χ1n) is 11.9. The fraction of sp³-hybridized carbons (Fsp3) is 0.179. The number of benzene rings is 3. The largest absolute Gasteiger partial charge is 0.493 e. The van der Waals surface area contributed by atoms with E-state index >= 15 is 0 Å². The summed E-state index contributed by atoms with van der Waals surface area (Å²) in [5.41, 5.74) is 4.59. The number of rotatable bonds is 6. The minimum atomic E-state index is -0.265. The molecule has 37 heavy (non-hydrogen) atoms. The highest BCUT2D eigenvalue weighted by Crippen LogP contribution is 2.42. The standard InChI is InChI=1S/C28H25FN6O2/c1-36-25-13-10-19(14-26(25)37-2)27-22(16-34(33-27)21-6-4-3-5-7-21)24-15-23(18-8-11-20(29)12-9-18)32-28-30-17-31-35(24)28/h3-14,16-17,23-24H,15H2,1-2H3,(H,30,31,32)/t23-,24+/m1/s1. The Bertz CT molecular complexity index is 1530. The van der Waals surface area contributed by atoms with E-state index in [4.69, 9.17) is 14.6 Å². The average Bonchev–Trinajstić information content (AvgIpc) is 3.61. The van der Waals surface area contributed by atoms with E-state index in [1.165, 1.54) is 12.1 Å². The first-order chi connectivity index (χ1) is 18.1. The number of halogens is 1. The molecule has 0 radical (unpaired) electrons. The SMILES string of the molecule is COc1ccc(-c2nn(-c3ccccc3)cc2[C@@H]2C[C@H](c3ccc(F)cc3)Nc3ncnn32)cc1OC. The Labute approximate surface area is 213 Å². The maximum atomic E-state index is 13.6. The number of aromatic nitrogens is 5. The quantitative estimate of drug-likeness (QED) is 0.338. The minimum absolute atomic E-state index is 0.0828. The van der Waals surface area contributed by atoms with Gasteiger partial charge in [0.05, 0.1) is 37.7 Å². The number of anilines is 1. The van der Waals surface area contributed by atoms with Gasteiger partial charge in [-0.1, -0.05) is 30.3 Å². The smallest absolute Gasteiger partial charge is 0.222 e. The molecule has 186 valence electrons. The summed E-state index contributed by atoms with van der Waals surface area (Å²) in [6, 6.07) is 22.1. The predicted molar refractivity (Wildman–Crippen MR) is 138 cm³/mol. The molecular formula is C28H25FN6O2. The molecule has 0 saturated carbocycles. The molecule has 0 saturated heterocycles. The van der Waals surface area contributed by atoms with Crippen molar-refractivity contribution in [2.75, 3.05) is 19.5 Å². The highest BCUT2D eigenvalue weighted by Gasteiger charge is 2.33. The summed E-state index contributed by atoms with van der Waals surface area (Å²) in [6.45, 7) is 0. The van der Waals surface area contributed by atoms with Crippen molar-refractivity contribution in [2.45, 2.75) is 18.5 Å². The van der Waals surface area contributed by atoms with E-state index in [1.54, 1.807) is 32.7 Å². The highest BCUT2D eigenvalue weighted by atomic mass is 19.1. The van der Waals surface area contributed by atoms with Gasteiger partial charge in [-0.2, -0.15) is 15.2 Å². The zero-order chi connectivity index (χ0) is 25.4. The van der Waals surface area contributed by atoms with Crippen molar-refractivity contribution in [3.63, 3.8) is 0 Å². The van der Waals surface area contributed by atoms with Gasteiger partial charge in [0.25, 0.3) is 0 Å². The molecule has 2 aromatic heterocycles. The van der Waals surface area contributed by atoms with Crippen LogP contribution >= 0.6 is 0 Å². The molecule has 0 aliphatic carbocycles. The summed E-state index contributed by atoms with van der Waals surface area (Å²) < 4.78 is 28.4. The van der Waals surface area contributed by atoms with Crippen LogP contribution in [0.15, 0.2) is 85.3 Å². The lowest BCUT2D eigenvalue weighted by Crippen LogP contribution is -2.28. The normalized spacial score (nSPS) is 16.6. The summed E-state index contributed by atoms with van der Waals surface area (Å²) >= 11 is 0. The van der Waals surface area contributed by atoms with E-state index in [0.717, 1.165) is 28.1 Å². The fourth-order valence-corrected chi connectivity index (χ4v) is 4.84. The zero-order valence-electron chi connectivity index (χ0n) is 20.4. The van der Waals surface area contributed by atoms with Gasteiger partial charge in [-0.25, -0.2) is 13.8 Å². The second-order valence-corrected chi connectivity index (χ2v) is 8.81. The lowest BCUT2D eigenvalue weighted by Gasteiger charge is -2.31. The molecule has 0 unspecified atom stereocenters. The minimum Gasteiger partial charge on any atom is -0.493 e. The molecule has 1 aliphatic heterocycles. The van der Waals surface area contributed by atoms with Crippen molar-refractivity contribution >= 4 is 5.95 Å². The maximum absolute atomic E-state index is 13.6. The van der Waals surface area contributed by atoms with Crippen LogP contribution in [0.3, 0.4) is 0 Å². The van der Waals surface area contributed by atoms with E-state index < -0.39 is 0 Å². The Hall–Kier alpha value is -4.66. The Balaban J connectivity index is 1.50. The van der Waals surface area contributed by atoms with E-state index in [-0.39, 0.29) is 17.9 Å². The number of fused-ring (bicyclic) bond motifs is 1. The lowest BCUT2D eigenvalue weighted by atomic mass is 9.92. The van der Waals surface area contributed by atoms with Crippen molar-refractivity contribution in [1.29, 1.82) is 0 Å². The Morgan fingerprint density at radius 3 is 2.49 bits per heavy atom. The highest BCUT2D eigenvalue weighted by molar-refractivity contribution is 5.68. The Kier molecular flexibility index (Phi) is 5.80. The maximum Gasteiger partial charge on any atom is 0.222 e. The van der Waals surface area contributed by atoms with Gasteiger partial charge in [-0.3, -0.25) is 0 Å². The number of para-hydroxylation sites is 1. The Morgan fingerprint density at radius 2 is 1.73 bits per heavy atom. The zero-order valence-corrected chi connectivity index (χ0v) is 20.4. The van der Waals surface area contributed by atoms with Gasteiger partial charge in [0.15, 0.2) is 11.5 Å². The number of hydrogen-bond donors (Lipinski definition) is 1. The number of nitrogens with zero attached hydrogens (tertiary/aromatic N) is 5. The van der Waals surface area contributed by atoms with Crippen molar-refractivity contribution in [2.24, 2.45) is 0 Å². The van der Waals surface area contributed by atoms with Crippen LogP contribution in [-0.4, -0.2) is 38.8 Å². The van der Waals surface area contributed by atoms with Crippen molar-refractivity contribution in [1.82, 2.24) is 24.5 Å². The number of ether oxygens (including phenoxy) is 2. The lowest BCUT2D eigenvalue weighted by molar-refractivity contribution is 0.355. The summed E-state index contributed by atoms with van der Waals surface area (Å²) in [4.78, 5) is 4.45. The van der Waals surface area contributed by atoms with Crippen molar-refractivity contribution in [3.05, 3.63) is 102 Å². The monoisotopic (exact) mass is 496 g/mol. The van der Waals surface area contributed by atoms with Gasteiger partial charge in [-0.05, 0) is 54.4 Å². The molecule has 3 aromatic carbocycles. The molecule has 6 rings (SSSR count). The molecule has 1 aliphatic rings. The topological polar surface area (TPSA) is 79.0 Å². The summed E-state index contributed by atoms with van der Waals surface area (Å²) in [7, 11) is 3.23. The average molecular weight is 497 g/mol. The Morgan fingerprint density at radius 1 is 0.946 bits per heavy atom. The van der Waals surface area contributed by atoms with Crippen LogP contribution in [0.5, 0.6) is 11.5 Å². The number of hydrogen-bond acceptors (Lipinski definition) is 6. The van der Waals surface area contributed by atoms with Crippen LogP contribution in [-0.2, 0) is 0 Å². The molecule has 8 nitrogen and oxygen atoms in total. The second-order valence-electron chi connectivity index (χ2n) is 8.81. The molecule has 0 spiro atoms. The van der Waals surface area contributed by atoms with Gasteiger partial charge >= 0.3 is 0 Å². The molecule has 0 fully saturated rings. The molecule has 0 amide bonds. The van der Waals surface area contributed by atoms with E-state index in [1.807, 2.05) is 64.1 Å². The predicted octanol–water partition coefficient (Wildman–Crippen LogP) is 5.43. The molecule has 0 bridgehead atoms. The first-order valence-corrected chi connectivity index (χ1v) is 11.9. The third-order valence-electron chi connectivity index (χ3n) is 6.68. The number of nitrogens with one attached hydrogen (secondary N) is 1. The van der Waals surface area contributed by atoms with Crippen LogP contribution in [0.2, 0.25) is 0 Å². The van der Waals surface area contributed by atoms with Gasteiger partial charge in [-0.15, -0.1) is 0 Å². The van der Waals surface area contributed by atoms with Crippen LogP contribution in [0.1, 0.15) is 29.6 Å². The summed E-state index contributed by atoms with van der Waals surface area (Å²) in [5.74, 6) is 1.65. The molecule has 9 heteroatoms. The fourth-order valence-electron chi connectivity index (χ4n) is 4.84. The summed E-state index contributed by atoms with van der Waals surface area (Å²) in [6.07, 6.45) is 4.26. The van der Waals surface area contributed by atoms with Gasteiger partial charge < -0.3 is 14.8 Å². The van der Waals surface area contributed by atoms with Gasteiger partial charge in [0.1, 0.15) is 12.1 Å². The van der Waals surface area contributed by atoms with Crippen LogP contribution in [0.25, 0.3) is 16.9 Å². The first kappa shape index (κ1) is 22.8. The third-order valence-corrected chi connectivity index (χ3v) is 6.68. The number of methoxy groups -OCH3 is 2. The molecule has 2 atom stereocenters. The molecule has 5 aromatic rings. The van der Waals surface area contributed by atoms with E-state index in [0.29, 0.717) is 23.9 Å². The van der Waals surface area contributed by atoms with E-state index in [9.17, 15) is 4.39 Å². The molecular weight excluding hydrogens is 471 g/mol. The van der Waals surface area contributed by atoms with Crippen molar-refractivity contribution in [3.8, 4) is 28.4 Å². The van der Waals surface area contributed by atoms with E-state index in [2.05, 4.69) is 15.4 Å². The van der Waals surface area contributed by atoms with Crippen LogP contribution < -0.4 is 14.8 Å². The van der Waals surface area contributed by atoms with Crippen LogP contribution in [0, 0.1) is 5.82 Å². The van der Waals surface area contributed by atoms with Crippen LogP contribution in [0.4, 0.5) is 10.3 Å².